The molecule has 0 spiro atoms. The van der Waals surface area contributed by atoms with Crippen molar-refractivity contribution in [3.8, 4) is 0 Å². The lowest BCUT2D eigenvalue weighted by molar-refractivity contribution is -0.115. The zero-order valence-corrected chi connectivity index (χ0v) is 11.2. The average Bonchev–Trinajstić information content (AvgIpc) is 2.92. The fourth-order valence-corrected chi connectivity index (χ4v) is 2.80. The van der Waals surface area contributed by atoms with Gasteiger partial charge < -0.3 is 4.90 Å². The second-order valence-electron chi connectivity index (χ2n) is 4.45. The fraction of sp³-hybridized carbons (Fsp3) is 0.308. The van der Waals surface area contributed by atoms with Crippen LogP contribution in [0.25, 0.3) is 0 Å². The van der Waals surface area contributed by atoms with Crippen LogP contribution in [0.2, 0.25) is 0 Å². The monoisotopic (exact) mass is 274 g/mol. The SMILES string of the molecule is O=C(CN1CCCc2ccccc21)Nc1nncs1. The Labute approximate surface area is 115 Å². The van der Waals surface area contributed by atoms with E-state index in [4.69, 9.17) is 0 Å². The molecule has 0 atom stereocenters. The zero-order valence-electron chi connectivity index (χ0n) is 10.4. The van der Waals surface area contributed by atoms with Crippen LogP contribution in [-0.2, 0) is 11.2 Å². The molecule has 1 amide bonds. The van der Waals surface area contributed by atoms with E-state index in [2.05, 4.69) is 32.5 Å². The second kappa shape index (κ2) is 5.36. The number of amides is 1. The lowest BCUT2D eigenvalue weighted by atomic mass is 10.0. The van der Waals surface area contributed by atoms with E-state index < -0.39 is 0 Å². The minimum Gasteiger partial charge on any atom is -0.362 e. The first-order valence-electron chi connectivity index (χ1n) is 6.22. The predicted molar refractivity (Wildman–Crippen MR) is 75.5 cm³/mol. The van der Waals surface area contributed by atoms with E-state index in [-0.39, 0.29) is 5.91 Å². The highest BCUT2D eigenvalue weighted by Gasteiger charge is 2.18. The van der Waals surface area contributed by atoms with Crippen molar-refractivity contribution in [2.75, 3.05) is 23.3 Å². The Morgan fingerprint density at radius 1 is 1.42 bits per heavy atom. The highest BCUT2D eigenvalue weighted by Crippen LogP contribution is 2.26. The Balaban J connectivity index is 1.69. The van der Waals surface area contributed by atoms with Gasteiger partial charge in [0.2, 0.25) is 11.0 Å². The number of fused-ring (bicyclic) bond motifs is 1. The van der Waals surface area contributed by atoms with Gasteiger partial charge in [-0.3, -0.25) is 10.1 Å². The van der Waals surface area contributed by atoms with E-state index >= 15 is 0 Å². The molecule has 3 rings (SSSR count). The van der Waals surface area contributed by atoms with Crippen molar-refractivity contribution < 1.29 is 4.79 Å². The molecule has 0 fully saturated rings. The molecule has 98 valence electrons. The summed E-state index contributed by atoms with van der Waals surface area (Å²) < 4.78 is 0. The van der Waals surface area contributed by atoms with Gasteiger partial charge >= 0.3 is 0 Å². The summed E-state index contributed by atoms with van der Waals surface area (Å²) in [6.07, 6.45) is 2.17. The molecule has 6 heteroatoms. The number of benzene rings is 1. The summed E-state index contributed by atoms with van der Waals surface area (Å²) in [7, 11) is 0. The van der Waals surface area contributed by atoms with Gasteiger partial charge in [0.1, 0.15) is 5.51 Å². The zero-order chi connectivity index (χ0) is 13.1. The number of anilines is 2. The Kier molecular flexibility index (Phi) is 3.41. The summed E-state index contributed by atoms with van der Waals surface area (Å²) >= 11 is 1.33. The topological polar surface area (TPSA) is 58.1 Å². The van der Waals surface area contributed by atoms with Crippen LogP contribution >= 0.6 is 11.3 Å². The smallest absolute Gasteiger partial charge is 0.245 e. The third-order valence-corrected chi connectivity index (χ3v) is 3.75. The number of nitrogens with one attached hydrogen (secondary N) is 1. The largest absolute Gasteiger partial charge is 0.362 e. The number of aromatic nitrogens is 2. The molecule has 1 aliphatic heterocycles. The van der Waals surface area contributed by atoms with Crippen LogP contribution in [0.3, 0.4) is 0 Å². The normalized spacial score (nSPS) is 14.0. The van der Waals surface area contributed by atoms with Crippen molar-refractivity contribution in [1.29, 1.82) is 0 Å². The lowest BCUT2D eigenvalue weighted by Crippen LogP contribution is -2.36. The van der Waals surface area contributed by atoms with E-state index in [1.54, 1.807) is 5.51 Å². The van der Waals surface area contributed by atoms with E-state index in [0.717, 1.165) is 19.4 Å². The van der Waals surface area contributed by atoms with Crippen molar-refractivity contribution in [3.63, 3.8) is 0 Å². The van der Waals surface area contributed by atoms with Crippen LogP contribution in [0.1, 0.15) is 12.0 Å². The minimum atomic E-state index is -0.0477. The number of nitrogens with zero attached hydrogens (tertiary/aromatic N) is 3. The van der Waals surface area contributed by atoms with Crippen molar-refractivity contribution in [1.82, 2.24) is 10.2 Å². The van der Waals surface area contributed by atoms with Gasteiger partial charge in [0.15, 0.2) is 0 Å². The van der Waals surface area contributed by atoms with E-state index in [1.165, 1.54) is 22.6 Å². The van der Waals surface area contributed by atoms with Crippen molar-refractivity contribution in [2.45, 2.75) is 12.8 Å². The molecule has 0 unspecified atom stereocenters. The molecule has 1 aromatic carbocycles. The summed E-state index contributed by atoms with van der Waals surface area (Å²) in [6.45, 7) is 1.27. The molecule has 1 N–H and O–H groups in total. The van der Waals surface area contributed by atoms with Gasteiger partial charge in [-0.25, -0.2) is 0 Å². The number of hydrogen-bond donors (Lipinski definition) is 1. The maximum Gasteiger partial charge on any atom is 0.245 e. The predicted octanol–water partition coefficient (Wildman–Crippen LogP) is 1.93. The summed E-state index contributed by atoms with van der Waals surface area (Å²) in [5, 5.41) is 10.8. The van der Waals surface area contributed by atoms with Crippen molar-refractivity contribution >= 4 is 28.1 Å². The molecular formula is C13H14N4OS. The van der Waals surface area contributed by atoms with Gasteiger partial charge in [0, 0.05) is 12.2 Å². The molecule has 2 aromatic rings. The Morgan fingerprint density at radius 2 is 2.32 bits per heavy atom. The first-order valence-corrected chi connectivity index (χ1v) is 7.10. The molecule has 0 radical (unpaired) electrons. The molecule has 0 bridgehead atoms. The van der Waals surface area contributed by atoms with Crippen LogP contribution in [0.4, 0.5) is 10.8 Å². The molecule has 1 aromatic heterocycles. The molecule has 0 aliphatic carbocycles. The Bertz CT molecular complexity index is 570. The lowest BCUT2D eigenvalue weighted by Gasteiger charge is -2.30. The Morgan fingerprint density at radius 3 is 3.16 bits per heavy atom. The second-order valence-corrected chi connectivity index (χ2v) is 5.28. The maximum absolute atomic E-state index is 12.0. The molecule has 2 heterocycles. The van der Waals surface area contributed by atoms with Crippen LogP contribution in [0, 0.1) is 0 Å². The standard InChI is InChI=1S/C13H14N4OS/c18-12(15-13-16-14-9-19-13)8-17-7-3-5-10-4-1-2-6-11(10)17/h1-2,4,6,9H,3,5,7-8H2,(H,15,16,18). The molecule has 0 saturated carbocycles. The number of aryl methyl sites for hydroxylation is 1. The Hall–Kier alpha value is -1.95. The fourth-order valence-electron chi connectivity index (χ4n) is 2.34. The van der Waals surface area contributed by atoms with Crippen LogP contribution in [-0.4, -0.2) is 29.2 Å². The highest BCUT2D eigenvalue weighted by molar-refractivity contribution is 7.13. The van der Waals surface area contributed by atoms with E-state index in [0.29, 0.717) is 11.7 Å². The molecule has 1 aliphatic rings. The number of carbonyl (C=O) groups excluding carboxylic acids is 1. The molecule has 5 nitrogen and oxygen atoms in total. The highest BCUT2D eigenvalue weighted by atomic mass is 32.1. The van der Waals surface area contributed by atoms with Crippen LogP contribution in [0.15, 0.2) is 29.8 Å². The van der Waals surface area contributed by atoms with Gasteiger partial charge in [-0.15, -0.1) is 10.2 Å². The van der Waals surface area contributed by atoms with Crippen molar-refractivity contribution in [3.05, 3.63) is 35.3 Å². The number of rotatable bonds is 3. The summed E-state index contributed by atoms with van der Waals surface area (Å²) in [5.74, 6) is -0.0477. The molecule has 0 saturated heterocycles. The van der Waals surface area contributed by atoms with Gasteiger partial charge in [0.05, 0.1) is 6.54 Å². The first kappa shape index (κ1) is 12.1. The molecule has 19 heavy (non-hydrogen) atoms. The van der Waals surface area contributed by atoms with Crippen LogP contribution in [0.5, 0.6) is 0 Å². The number of hydrogen-bond acceptors (Lipinski definition) is 5. The van der Waals surface area contributed by atoms with Gasteiger partial charge in [-0.05, 0) is 24.5 Å². The van der Waals surface area contributed by atoms with Gasteiger partial charge in [-0.1, -0.05) is 29.5 Å². The van der Waals surface area contributed by atoms with E-state index in [1.807, 2.05) is 12.1 Å². The van der Waals surface area contributed by atoms with Crippen LogP contribution < -0.4 is 10.2 Å². The average molecular weight is 274 g/mol. The van der Waals surface area contributed by atoms with E-state index in [9.17, 15) is 4.79 Å². The number of para-hydroxylation sites is 1. The summed E-state index contributed by atoms with van der Waals surface area (Å²) in [4.78, 5) is 14.1. The van der Waals surface area contributed by atoms with Gasteiger partial charge in [-0.2, -0.15) is 0 Å². The van der Waals surface area contributed by atoms with Gasteiger partial charge in [0.25, 0.3) is 0 Å². The molecular weight excluding hydrogens is 260 g/mol. The minimum absolute atomic E-state index is 0.0477. The first-order chi connectivity index (χ1) is 9.33. The summed E-state index contributed by atoms with van der Waals surface area (Å²) in [5.41, 5.74) is 4.09. The third-order valence-electron chi connectivity index (χ3n) is 3.15. The number of carbonyl (C=O) groups is 1. The van der Waals surface area contributed by atoms with Crippen molar-refractivity contribution in [2.24, 2.45) is 0 Å². The third kappa shape index (κ3) is 2.73. The quantitative estimate of drug-likeness (QED) is 0.929. The summed E-state index contributed by atoms with van der Waals surface area (Å²) in [6, 6.07) is 8.26. The maximum atomic E-state index is 12.0.